The number of halogens is 4. The van der Waals surface area contributed by atoms with Crippen LogP contribution in [0.3, 0.4) is 0 Å². The molecule has 0 aliphatic carbocycles. The molecule has 1 N–H and O–H groups in total. The second-order valence-electron chi connectivity index (χ2n) is 5.01. The molecular formula is C15H22BrF3N2. The van der Waals surface area contributed by atoms with Gasteiger partial charge in [-0.1, -0.05) is 22.9 Å². The number of rotatable bonds is 7. The van der Waals surface area contributed by atoms with E-state index in [4.69, 9.17) is 0 Å². The van der Waals surface area contributed by atoms with Gasteiger partial charge in [-0.15, -0.1) is 0 Å². The highest BCUT2D eigenvalue weighted by Gasteiger charge is 2.31. The molecule has 0 saturated carbocycles. The van der Waals surface area contributed by atoms with Gasteiger partial charge in [0.25, 0.3) is 0 Å². The zero-order valence-electron chi connectivity index (χ0n) is 12.6. The highest BCUT2D eigenvalue weighted by molar-refractivity contribution is 9.10. The van der Waals surface area contributed by atoms with Crippen LogP contribution in [0.15, 0.2) is 22.7 Å². The maximum atomic E-state index is 12.7. The SMILES string of the molecule is CCCNC(C)c1cc(Br)ccc1N(CC)CC(F)(F)F. The van der Waals surface area contributed by atoms with Crippen LogP contribution in [0.5, 0.6) is 0 Å². The minimum absolute atomic E-state index is 0.000247. The molecule has 0 bridgehead atoms. The number of hydrogen-bond acceptors (Lipinski definition) is 2. The van der Waals surface area contributed by atoms with E-state index in [1.54, 1.807) is 19.1 Å². The van der Waals surface area contributed by atoms with E-state index >= 15 is 0 Å². The van der Waals surface area contributed by atoms with E-state index < -0.39 is 12.7 Å². The maximum Gasteiger partial charge on any atom is 0.405 e. The lowest BCUT2D eigenvalue weighted by molar-refractivity contribution is -0.119. The molecule has 1 rings (SSSR count). The van der Waals surface area contributed by atoms with Crippen LogP contribution in [0, 0.1) is 0 Å². The first-order chi connectivity index (χ1) is 9.78. The van der Waals surface area contributed by atoms with E-state index in [0.717, 1.165) is 23.0 Å². The minimum atomic E-state index is -4.21. The van der Waals surface area contributed by atoms with E-state index in [1.165, 1.54) is 4.90 Å². The first kappa shape index (κ1) is 18.3. The predicted molar refractivity (Wildman–Crippen MR) is 84.8 cm³/mol. The van der Waals surface area contributed by atoms with Crippen molar-refractivity contribution in [1.82, 2.24) is 5.32 Å². The summed E-state index contributed by atoms with van der Waals surface area (Å²) in [5.74, 6) is 0. The molecular weight excluding hydrogens is 345 g/mol. The number of alkyl halides is 3. The molecule has 1 aromatic rings. The molecule has 1 unspecified atom stereocenters. The Hall–Kier alpha value is -0.750. The Morgan fingerprint density at radius 1 is 1.29 bits per heavy atom. The average Bonchev–Trinajstić information content (AvgIpc) is 2.41. The standard InChI is InChI=1S/C15H22BrF3N2/c1-4-8-20-11(3)13-9-12(16)6-7-14(13)21(5-2)10-15(17,18)19/h6-7,9,11,20H,4-5,8,10H2,1-3H3. The number of nitrogens with one attached hydrogen (secondary N) is 1. The number of anilines is 1. The Balaban J connectivity index is 3.09. The molecule has 0 heterocycles. The molecule has 21 heavy (non-hydrogen) atoms. The third-order valence-electron chi connectivity index (χ3n) is 3.25. The monoisotopic (exact) mass is 366 g/mol. The van der Waals surface area contributed by atoms with Crippen LogP contribution in [0.1, 0.15) is 38.8 Å². The lowest BCUT2D eigenvalue weighted by Crippen LogP contribution is -2.35. The molecule has 1 aromatic carbocycles. The molecule has 0 saturated heterocycles. The van der Waals surface area contributed by atoms with Gasteiger partial charge >= 0.3 is 6.18 Å². The quantitative estimate of drug-likeness (QED) is 0.738. The second-order valence-corrected chi connectivity index (χ2v) is 5.92. The Bertz CT molecular complexity index is 449. The lowest BCUT2D eigenvalue weighted by atomic mass is 10.0. The summed E-state index contributed by atoms with van der Waals surface area (Å²) in [6.45, 7) is 5.99. The van der Waals surface area contributed by atoms with Crippen LogP contribution in [0.2, 0.25) is 0 Å². The highest BCUT2D eigenvalue weighted by Crippen LogP contribution is 2.31. The molecule has 0 aromatic heterocycles. The van der Waals surface area contributed by atoms with Crippen LogP contribution in [-0.4, -0.2) is 25.8 Å². The normalized spacial score (nSPS) is 13.3. The van der Waals surface area contributed by atoms with Crippen molar-refractivity contribution in [2.75, 3.05) is 24.5 Å². The molecule has 0 spiro atoms. The van der Waals surface area contributed by atoms with Gasteiger partial charge in [0.15, 0.2) is 0 Å². The smallest absolute Gasteiger partial charge is 0.363 e. The van der Waals surface area contributed by atoms with Gasteiger partial charge < -0.3 is 10.2 Å². The summed E-state index contributed by atoms with van der Waals surface area (Å²) in [6.07, 6.45) is -3.23. The fourth-order valence-electron chi connectivity index (χ4n) is 2.21. The molecule has 0 aliphatic heterocycles. The summed E-state index contributed by atoms with van der Waals surface area (Å²) in [6, 6.07) is 5.42. The molecule has 1 atom stereocenters. The van der Waals surface area contributed by atoms with Gasteiger partial charge in [0.05, 0.1) is 0 Å². The van der Waals surface area contributed by atoms with Crippen molar-refractivity contribution in [3.8, 4) is 0 Å². The van der Waals surface area contributed by atoms with Gasteiger partial charge in [0.2, 0.25) is 0 Å². The minimum Gasteiger partial charge on any atom is -0.363 e. The molecule has 0 aliphatic rings. The molecule has 120 valence electrons. The Morgan fingerprint density at radius 3 is 2.48 bits per heavy atom. The maximum absolute atomic E-state index is 12.7. The summed E-state index contributed by atoms with van der Waals surface area (Å²) in [7, 11) is 0. The molecule has 0 fully saturated rings. The summed E-state index contributed by atoms with van der Waals surface area (Å²) in [4.78, 5) is 1.37. The first-order valence-corrected chi connectivity index (χ1v) is 7.92. The van der Waals surface area contributed by atoms with E-state index in [-0.39, 0.29) is 6.04 Å². The van der Waals surface area contributed by atoms with Crippen molar-refractivity contribution in [1.29, 1.82) is 0 Å². The first-order valence-electron chi connectivity index (χ1n) is 7.13. The zero-order valence-corrected chi connectivity index (χ0v) is 14.2. The van der Waals surface area contributed by atoms with Crippen LogP contribution in [0.4, 0.5) is 18.9 Å². The second kappa shape index (κ2) is 8.03. The van der Waals surface area contributed by atoms with Crippen molar-refractivity contribution >= 4 is 21.6 Å². The summed E-state index contributed by atoms with van der Waals surface area (Å²) >= 11 is 3.40. The third kappa shape index (κ3) is 5.87. The average molecular weight is 367 g/mol. The van der Waals surface area contributed by atoms with Gasteiger partial charge in [-0.25, -0.2) is 0 Å². The van der Waals surface area contributed by atoms with E-state index in [2.05, 4.69) is 28.2 Å². The van der Waals surface area contributed by atoms with Gasteiger partial charge in [0, 0.05) is 22.7 Å². The lowest BCUT2D eigenvalue weighted by Gasteiger charge is -2.29. The third-order valence-corrected chi connectivity index (χ3v) is 3.74. The van der Waals surface area contributed by atoms with Crippen LogP contribution >= 0.6 is 15.9 Å². The summed E-state index contributed by atoms with van der Waals surface area (Å²) in [5, 5.41) is 3.33. The topological polar surface area (TPSA) is 15.3 Å². The number of benzene rings is 1. The van der Waals surface area contributed by atoms with Crippen molar-refractivity contribution in [3.05, 3.63) is 28.2 Å². The van der Waals surface area contributed by atoms with Gasteiger partial charge in [-0.2, -0.15) is 13.2 Å². The number of nitrogens with zero attached hydrogens (tertiary/aromatic N) is 1. The highest BCUT2D eigenvalue weighted by atomic mass is 79.9. The molecule has 0 amide bonds. The Labute approximate surface area is 132 Å². The zero-order chi connectivity index (χ0) is 16.0. The van der Waals surface area contributed by atoms with Crippen molar-refractivity contribution in [3.63, 3.8) is 0 Å². The van der Waals surface area contributed by atoms with E-state index in [9.17, 15) is 13.2 Å². The number of hydrogen-bond donors (Lipinski definition) is 1. The molecule has 0 radical (unpaired) electrons. The Morgan fingerprint density at radius 2 is 1.95 bits per heavy atom. The van der Waals surface area contributed by atoms with E-state index in [0.29, 0.717) is 12.2 Å². The van der Waals surface area contributed by atoms with Crippen LogP contribution in [0.25, 0.3) is 0 Å². The Kier molecular flexibility index (Phi) is 7.00. The van der Waals surface area contributed by atoms with Gasteiger partial charge in [-0.3, -0.25) is 0 Å². The predicted octanol–water partition coefficient (Wildman–Crippen LogP) is 4.90. The van der Waals surface area contributed by atoms with E-state index in [1.807, 2.05) is 13.0 Å². The van der Waals surface area contributed by atoms with Crippen molar-refractivity contribution in [2.24, 2.45) is 0 Å². The van der Waals surface area contributed by atoms with Crippen LogP contribution in [-0.2, 0) is 0 Å². The summed E-state index contributed by atoms with van der Waals surface area (Å²) < 4.78 is 39.0. The summed E-state index contributed by atoms with van der Waals surface area (Å²) in [5.41, 5.74) is 1.51. The van der Waals surface area contributed by atoms with Crippen molar-refractivity contribution in [2.45, 2.75) is 39.4 Å². The molecule has 2 nitrogen and oxygen atoms in total. The fourth-order valence-corrected chi connectivity index (χ4v) is 2.59. The molecule has 6 heteroatoms. The fraction of sp³-hybridized carbons (Fsp3) is 0.600. The van der Waals surface area contributed by atoms with Gasteiger partial charge in [0.1, 0.15) is 6.54 Å². The largest absolute Gasteiger partial charge is 0.405 e. The van der Waals surface area contributed by atoms with Gasteiger partial charge in [-0.05, 0) is 50.6 Å². The van der Waals surface area contributed by atoms with Crippen molar-refractivity contribution < 1.29 is 13.2 Å². The van der Waals surface area contributed by atoms with Crippen LogP contribution < -0.4 is 10.2 Å².